The summed E-state index contributed by atoms with van der Waals surface area (Å²) in [6.45, 7) is 13.6. The lowest BCUT2D eigenvalue weighted by Crippen LogP contribution is -2.26. The first-order chi connectivity index (χ1) is 21.1. The molecule has 1 saturated heterocycles. The van der Waals surface area contributed by atoms with Crippen LogP contribution in [0.1, 0.15) is 88.7 Å². The van der Waals surface area contributed by atoms with Crippen LogP contribution in [0.3, 0.4) is 0 Å². The molecule has 2 atom stereocenters. The summed E-state index contributed by atoms with van der Waals surface area (Å²) in [6.07, 6.45) is 8.17. The highest BCUT2D eigenvalue weighted by Crippen LogP contribution is 2.38. The van der Waals surface area contributed by atoms with E-state index in [2.05, 4.69) is 36.8 Å². The van der Waals surface area contributed by atoms with E-state index < -0.39 is 0 Å². The summed E-state index contributed by atoms with van der Waals surface area (Å²) >= 11 is 0. The Morgan fingerprint density at radius 1 is 1.18 bits per heavy atom. The van der Waals surface area contributed by atoms with Crippen molar-refractivity contribution in [2.45, 2.75) is 91.2 Å². The number of hydrogen-bond acceptors (Lipinski definition) is 9. The van der Waals surface area contributed by atoms with Crippen LogP contribution in [0.2, 0.25) is 0 Å². The lowest BCUT2D eigenvalue weighted by Gasteiger charge is -2.28. The number of aromatic nitrogens is 3. The topological polar surface area (TPSA) is 116 Å². The number of carbonyl (C=O) groups is 1. The number of nitrogens with zero attached hydrogens (tertiary/aromatic N) is 5. The lowest BCUT2D eigenvalue weighted by molar-refractivity contribution is -0.138. The molecule has 0 bridgehead atoms. The number of aryl methyl sites for hydroxylation is 1. The van der Waals surface area contributed by atoms with E-state index in [0.717, 1.165) is 52.3 Å². The Kier molecular flexibility index (Phi) is 12.8. The van der Waals surface area contributed by atoms with Gasteiger partial charge in [0, 0.05) is 36.0 Å². The van der Waals surface area contributed by atoms with Crippen molar-refractivity contribution in [3.8, 4) is 11.1 Å². The van der Waals surface area contributed by atoms with Crippen LogP contribution < -0.4 is 5.73 Å². The molecule has 9 nitrogen and oxygen atoms in total. The monoisotopic (exact) mass is 606 g/mol. The van der Waals surface area contributed by atoms with Gasteiger partial charge in [0.15, 0.2) is 0 Å². The SMILES string of the molecule is CC.CC(C)(C)OC=O.Cc1nc(N)nc2c1/C(=N/OCCC1CCCN1C)CC(c1ccc(F)cc1-c1cccnc1)C2. The van der Waals surface area contributed by atoms with Gasteiger partial charge in [0.05, 0.1) is 17.1 Å². The smallest absolute Gasteiger partial charge is 0.293 e. The van der Waals surface area contributed by atoms with Crippen molar-refractivity contribution in [1.29, 1.82) is 0 Å². The average Bonchev–Trinajstić information content (AvgIpc) is 3.40. The van der Waals surface area contributed by atoms with Crippen LogP contribution in [0.5, 0.6) is 0 Å². The molecular weight excluding hydrogens is 559 g/mol. The third-order valence-electron chi connectivity index (χ3n) is 7.57. The maximum atomic E-state index is 14.3. The number of rotatable bonds is 7. The van der Waals surface area contributed by atoms with Crippen molar-refractivity contribution in [2.24, 2.45) is 5.16 Å². The fraction of sp³-hybridized carbons (Fsp3) is 0.500. The molecule has 10 heteroatoms. The molecule has 3 heterocycles. The van der Waals surface area contributed by atoms with E-state index in [1.807, 2.05) is 59.7 Å². The third kappa shape index (κ3) is 9.54. The van der Waals surface area contributed by atoms with Crippen molar-refractivity contribution >= 4 is 18.1 Å². The summed E-state index contributed by atoms with van der Waals surface area (Å²) in [6, 6.07) is 9.30. The van der Waals surface area contributed by atoms with Crippen molar-refractivity contribution in [3.63, 3.8) is 0 Å². The largest absolute Gasteiger partial charge is 0.462 e. The fourth-order valence-corrected chi connectivity index (χ4v) is 5.58. The molecule has 0 spiro atoms. The van der Waals surface area contributed by atoms with Gasteiger partial charge in [-0.15, -0.1) is 0 Å². The van der Waals surface area contributed by atoms with E-state index in [0.29, 0.717) is 32.0 Å². The van der Waals surface area contributed by atoms with Crippen LogP contribution in [0.4, 0.5) is 10.3 Å². The molecule has 0 saturated carbocycles. The second-order valence-electron chi connectivity index (χ2n) is 11.8. The van der Waals surface area contributed by atoms with E-state index in [4.69, 9.17) is 10.6 Å². The molecule has 1 aromatic carbocycles. The zero-order valence-corrected chi connectivity index (χ0v) is 27.1. The van der Waals surface area contributed by atoms with Crippen LogP contribution in [0.25, 0.3) is 11.1 Å². The molecule has 238 valence electrons. The number of benzene rings is 1. The van der Waals surface area contributed by atoms with Gasteiger partial charge >= 0.3 is 0 Å². The number of carbonyl (C=O) groups excluding carboxylic acids is 1. The molecule has 0 radical (unpaired) electrons. The average molecular weight is 607 g/mol. The van der Waals surface area contributed by atoms with Crippen molar-refractivity contribution in [2.75, 3.05) is 25.9 Å². The van der Waals surface area contributed by atoms with E-state index in [1.165, 1.54) is 18.9 Å². The van der Waals surface area contributed by atoms with Crippen LogP contribution >= 0.6 is 0 Å². The second-order valence-corrected chi connectivity index (χ2v) is 11.8. The van der Waals surface area contributed by atoms with E-state index in [-0.39, 0.29) is 23.3 Å². The Balaban J connectivity index is 0.000000520. The number of nitrogens with two attached hydrogens (primary N) is 1. The number of hydrogen-bond donors (Lipinski definition) is 1. The van der Waals surface area contributed by atoms with Gasteiger partial charge in [0.1, 0.15) is 18.0 Å². The zero-order valence-electron chi connectivity index (χ0n) is 27.1. The number of likely N-dealkylation sites (tertiary alicyclic amines) is 1. The lowest BCUT2D eigenvalue weighted by atomic mass is 9.78. The number of ether oxygens (including phenoxy) is 1. The molecule has 44 heavy (non-hydrogen) atoms. The van der Waals surface area contributed by atoms with Gasteiger partial charge < -0.3 is 20.2 Å². The van der Waals surface area contributed by atoms with Crippen molar-refractivity contribution in [1.82, 2.24) is 19.9 Å². The molecule has 2 aliphatic rings. The number of anilines is 1. The van der Waals surface area contributed by atoms with Crippen LogP contribution in [0, 0.1) is 12.7 Å². The van der Waals surface area contributed by atoms with Gasteiger partial charge in [0.25, 0.3) is 6.47 Å². The number of nitrogen functional groups attached to an aromatic ring is 1. The summed E-state index contributed by atoms with van der Waals surface area (Å²) in [5.41, 5.74) is 11.8. The molecule has 0 amide bonds. The maximum Gasteiger partial charge on any atom is 0.293 e. The van der Waals surface area contributed by atoms with E-state index in [9.17, 15) is 9.18 Å². The van der Waals surface area contributed by atoms with Crippen LogP contribution in [-0.2, 0) is 20.8 Å². The quantitative estimate of drug-likeness (QED) is 0.184. The Labute approximate surface area is 261 Å². The minimum Gasteiger partial charge on any atom is -0.462 e. The van der Waals surface area contributed by atoms with Crippen molar-refractivity contribution < 1.29 is 18.8 Å². The molecule has 2 unspecified atom stereocenters. The highest BCUT2D eigenvalue weighted by molar-refractivity contribution is 6.03. The fourth-order valence-electron chi connectivity index (χ4n) is 5.58. The first-order valence-electron chi connectivity index (χ1n) is 15.4. The van der Waals surface area contributed by atoms with Crippen LogP contribution in [-0.4, -0.2) is 63.9 Å². The molecule has 3 aromatic rings. The predicted molar refractivity (Wildman–Crippen MR) is 173 cm³/mol. The number of fused-ring (bicyclic) bond motifs is 1. The van der Waals surface area contributed by atoms with Gasteiger partial charge in [-0.2, -0.15) is 0 Å². The molecule has 1 aliphatic heterocycles. The second kappa shape index (κ2) is 16.2. The predicted octanol–water partition coefficient (Wildman–Crippen LogP) is 6.49. The summed E-state index contributed by atoms with van der Waals surface area (Å²) in [5, 5.41) is 4.59. The minimum absolute atomic E-state index is 0.0373. The Hall–Kier alpha value is -3.92. The molecular formula is C34H47FN6O3. The molecule has 1 aliphatic carbocycles. The maximum absolute atomic E-state index is 14.3. The highest BCUT2D eigenvalue weighted by atomic mass is 19.1. The van der Waals surface area contributed by atoms with Crippen molar-refractivity contribution in [3.05, 3.63) is 71.1 Å². The Bertz CT molecular complexity index is 1390. The Morgan fingerprint density at radius 3 is 2.57 bits per heavy atom. The van der Waals surface area contributed by atoms with Gasteiger partial charge in [-0.05, 0) is 102 Å². The molecule has 1 fully saturated rings. The molecule has 2 aromatic heterocycles. The zero-order chi connectivity index (χ0) is 32.3. The van der Waals surface area contributed by atoms with Gasteiger partial charge in [-0.25, -0.2) is 14.4 Å². The number of oxime groups is 1. The summed E-state index contributed by atoms with van der Waals surface area (Å²) in [7, 11) is 2.17. The summed E-state index contributed by atoms with van der Waals surface area (Å²) < 4.78 is 18.8. The first kappa shape index (κ1) is 34.6. The van der Waals surface area contributed by atoms with E-state index >= 15 is 0 Å². The third-order valence-corrected chi connectivity index (χ3v) is 7.57. The number of pyridine rings is 1. The number of halogens is 1. The minimum atomic E-state index is -0.318. The summed E-state index contributed by atoms with van der Waals surface area (Å²) in [4.78, 5) is 31.0. The normalized spacial score (nSPS) is 18.8. The van der Waals surface area contributed by atoms with Gasteiger partial charge in [0.2, 0.25) is 5.95 Å². The standard InChI is InChI=1S/C27H31FN6O.C5H10O2.C2H6/c1-17-26-24(32-27(29)31-17)13-19(14-25(26)33-35-12-9-21-6-4-11-34(21)2)22-8-7-20(28)15-23(22)18-5-3-10-30-16-18;1-5(2,3)7-4-6;1-2/h3,5,7-8,10,15-16,19,21H,4,6,9,11-14H2,1-2H3,(H2,29,31,32);4H,1-3H3;1-2H3/b33-25+;;. The molecule has 5 rings (SSSR count). The van der Waals surface area contributed by atoms with Crippen LogP contribution in [0.15, 0.2) is 47.9 Å². The van der Waals surface area contributed by atoms with Gasteiger partial charge in [-0.3, -0.25) is 9.78 Å². The molecule has 2 N–H and O–H groups in total. The van der Waals surface area contributed by atoms with E-state index in [1.54, 1.807) is 18.5 Å². The Morgan fingerprint density at radius 2 is 1.95 bits per heavy atom. The summed E-state index contributed by atoms with van der Waals surface area (Å²) in [5.74, 6) is 0.00804. The first-order valence-corrected chi connectivity index (χ1v) is 15.4. The van der Waals surface area contributed by atoms with Gasteiger partial charge in [-0.1, -0.05) is 31.1 Å². The highest BCUT2D eigenvalue weighted by Gasteiger charge is 2.31.